The maximum atomic E-state index is 11.9. The molecule has 2 aromatic rings. The molecule has 1 unspecified atom stereocenters. The minimum absolute atomic E-state index is 0.115. The van der Waals surface area contributed by atoms with E-state index < -0.39 is 0 Å². The van der Waals surface area contributed by atoms with E-state index in [1.165, 1.54) is 25.6 Å². The number of nitrogens with one attached hydrogen (secondary N) is 1. The first kappa shape index (κ1) is 13.7. The molecule has 4 rings (SSSR count). The Bertz CT molecular complexity index is 725. The van der Waals surface area contributed by atoms with Crippen molar-refractivity contribution >= 4 is 16.7 Å². The summed E-state index contributed by atoms with van der Waals surface area (Å²) in [5, 5.41) is 0.595. The topological polar surface area (TPSA) is 71.1 Å². The number of rotatable bonds is 2. The maximum absolute atomic E-state index is 11.9. The van der Waals surface area contributed by atoms with Crippen molar-refractivity contribution in [2.45, 2.75) is 19.3 Å². The molecule has 0 amide bonds. The van der Waals surface area contributed by atoms with Crippen molar-refractivity contribution in [2.24, 2.45) is 11.8 Å². The molecule has 2 aromatic heterocycles. The Kier molecular flexibility index (Phi) is 3.54. The van der Waals surface area contributed by atoms with Gasteiger partial charge in [0.15, 0.2) is 5.82 Å². The minimum Gasteiger partial charge on any atom is -0.379 e. The third kappa shape index (κ3) is 2.37. The van der Waals surface area contributed by atoms with E-state index >= 15 is 0 Å². The maximum Gasteiger partial charge on any atom is 0.258 e. The van der Waals surface area contributed by atoms with E-state index in [1.807, 2.05) is 0 Å². The average molecular weight is 300 g/mol. The van der Waals surface area contributed by atoms with Crippen LogP contribution in [0.4, 0.5) is 5.82 Å². The summed E-state index contributed by atoms with van der Waals surface area (Å²) in [5.74, 6) is 2.13. The molecule has 22 heavy (non-hydrogen) atoms. The number of pyridine rings is 1. The van der Waals surface area contributed by atoms with Crippen LogP contribution < -0.4 is 10.5 Å². The van der Waals surface area contributed by atoms with Gasteiger partial charge in [-0.25, -0.2) is 9.97 Å². The van der Waals surface area contributed by atoms with Crippen molar-refractivity contribution in [3.05, 3.63) is 28.9 Å². The van der Waals surface area contributed by atoms with Crippen LogP contribution in [0.2, 0.25) is 0 Å². The minimum atomic E-state index is -0.115. The second kappa shape index (κ2) is 5.68. The van der Waals surface area contributed by atoms with E-state index in [0.29, 0.717) is 23.4 Å². The summed E-state index contributed by atoms with van der Waals surface area (Å²) in [5.41, 5.74) is 0.566. The highest BCUT2D eigenvalue weighted by molar-refractivity contribution is 5.87. The van der Waals surface area contributed by atoms with Gasteiger partial charge >= 0.3 is 0 Å². The number of hydrogen-bond acceptors (Lipinski definition) is 5. The second-order valence-corrected chi connectivity index (χ2v) is 6.23. The molecule has 0 bridgehead atoms. The lowest BCUT2D eigenvalue weighted by molar-refractivity contribution is 0.0784. The van der Waals surface area contributed by atoms with Crippen LogP contribution in [0.3, 0.4) is 0 Å². The predicted molar refractivity (Wildman–Crippen MR) is 84.0 cm³/mol. The summed E-state index contributed by atoms with van der Waals surface area (Å²) in [6, 6.07) is 1.72. The summed E-state index contributed by atoms with van der Waals surface area (Å²) in [4.78, 5) is 25.7. The molecule has 3 heterocycles. The summed E-state index contributed by atoms with van der Waals surface area (Å²) in [6.45, 7) is 3.26. The molecule has 1 atom stereocenters. The van der Waals surface area contributed by atoms with Crippen LogP contribution in [-0.2, 0) is 4.74 Å². The summed E-state index contributed by atoms with van der Waals surface area (Å²) in [7, 11) is 0. The lowest BCUT2D eigenvalue weighted by atomic mass is 9.76. The molecule has 2 aliphatic rings. The molecule has 1 aliphatic heterocycles. The first-order valence-electron chi connectivity index (χ1n) is 7.98. The Morgan fingerprint density at radius 2 is 2.18 bits per heavy atom. The molecule has 1 aliphatic carbocycles. The lowest BCUT2D eigenvalue weighted by Crippen LogP contribution is -2.36. The SMILES string of the molecule is O=c1[nH]cnc2c(N3CCOCC(C4CCC4)C3)nccc12. The van der Waals surface area contributed by atoms with E-state index in [1.54, 1.807) is 12.3 Å². The number of nitrogens with zero attached hydrogens (tertiary/aromatic N) is 3. The highest BCUT2D eigenvalue weighted by Crippen LogP contribution is 2.35. The number of anilines is 1. The number of H-pyrrole nitrogens is 1. The summed E-state index contributed by atoms with van der Waals surface area (Å²) in [6.07, 6.45) is 7.10. The molecule has 1 N–H and O–H groups in total. The second-order valence-electron chi connectivity index (χ2n) is 6.23. The van der Waals surface area contributed by atoms with Crippen LogP contribution in [0, 0.1) is 11.8 Å². The van der Waals surface area contributed by atoms with E-state index in [2.05, 4.69) is 19.9 Å². The van der Waals surface area contributed by atoms with E-state index in [-0.39, 0.29) is 5.56 Å². The molecule has 0 aromatic carbocycles. The number of aromatic nitrogens is 3. The van der Waals surface area contributed by atoms with Crippen LogP contribution in [0.5, 0.6) is 0 Å². The fraction of sp³-hybridized carbons (Fsp3) is 0.562. The number of hydrogen-bond donors (Lipinski definition) is 1. The molecule has 2 fully saturated rings. The molecule has 6 nitrogen and oxygen atoms in total. The van der Waals surface area contributed by atoms with Crippen molar-refractivity contribution < 1.29 is 4.74 Å². The molecule has 116 valence electrons. The van der Waals surface area contributed by atoms with Gasteiger partial charge in [0.05, 0.1) is 24.9 Å². The number of aromatic amines is 1. The van der Waals surface area contributed by atoms with Gasteiger partial charge in [0, 0.05) is 25.2 Å². The first-order valence-corrected chi connectivity index (χ1v) is 7.98. The largest absolute Gasteiger partial charge is 0.379 e. The monoisotopic (exact) mass is 300 g/mol. The highest BCUT2D eigenvalue weighted by Gasteiger charge is 2.31. The quantitative estimate of drug-likeness (QED) is 0.911. The zero-order valence-corrected chi connectivity index (χ0v) is 12.5. The lowest BCUT2D eigenvalue weighted by Gasteiger charge is -2.35. The van der Waals surface area contributed by atoms with Crippen LogP contribution in [0.25, 0.3) is 10.9 Å². The smallest absolute Gasteiger partial charge is 0.258 e. The molecule has 0 spiro atoms. The molecular formula is C16H20N4O2. The normalized spacial score (nSPS) is 23.3. The third-order valence-electron chi connectivity index (χ3n) is 4.95. The highest BCUT2D eigenvalue weighted by atomic mass is 16.5. The molecule has 1 saturated carbocycles. The Morgan fingerprint density at radius 3 is 3.00 bits per heavy atom. The van der Waals surface area contributed by atoms with Gasteiger partial charge in [-0.3, -0.25) is 4.79 Å². The van der Waals surface area contributed by atoms with Crippen molar-refractivity contribution in [1.29, 1.82) is 0 Å². The summed E-state index contributed by atoms with van der Waals surface area (Å²) >= 11 is 0. The summed E-state index contributed by atoms with van der Waals surface area (Å²) < 4.78 is 5.79. The van der Waals surface area contributed by atoms with Gasteiger partial charge < -0.3 is 14.6 Å². The van der Waals surface area contributed by atoms with E-state index in [0.717, 1.165) is 31.4 Å². The van der Waals surface area contributed by atoms with Crippen molar-refractivity contribution in [1.82, 2.24) is 15.0 Å². The Morgan fingerprint density at radius 1 is 1.27 bits per heavy atom. The Labute approximate surface area is 128 Å². The van der Waals surface area contributed by atoms with Gasteiger partial charge in [-0.2, -0.15) is 0 Å². The fourth-order valence-electron chi connectivity index (χ4n) is 3.44. The standard InChI is InChI=1S/C16H20N4O2/c21-16-13-4-5-17-15(14(13)18-10-19-16)20-6-7-22-9-12(8-20)11-2-1-3-11/h4-5,10-12H,1-3,6-9H2,(H,18,19,21). The predicted octanol–water partition coefficient (Wildman–Crippen LogP) is 1.57. The first-order chi connectivity index (χ1) is 10.8. The van der Waals surface area contributed by atoms with Gasteiger partial charge in [0.2, 0.25) is 0 Å². The molecule has 6 heteroatoms. The zero-order chi connectivity index (χ0) is 14.9. The van der Waals surface area contributed by atoms with Crippen molar-refractivity contribution in [3.63, 3.8) is 0 Å². The Hall–Kier alpha value is -1.95. The van der Waals surface area contributed by atoms with Crippen LogP contribution in [-0.4, -0.2) is 41.3 Å². The van der Waals surface area contributed by atoms with Crippen molar-refractivity contribution in [2.75, 3.05) is 31.2 Å². The van der Waals surface area contributed by atoms with Crippen LogP contribution in [0.1, 0.15) is 19.3 Å². The van der Waals surface area contributed by atoms with Crippen molar-refractivity contribution in [3.8, 4) is 0 Å². The van der Waals surface area contributed by atoms with Gasteiger partial charge in [-0.15, -0.1) is 0 Å². The van der Waals surface area contributed by atoms with Crippen LogP contribution in [0.15, 0.2) is 23.4 Å². The molecule has 0 radical (unpaired) electrons. The van der Waals surface area contributed by atoms with Gasteiger partial charge in [-0.05, 0) is 12.0 Å². The van der Waals surface area contributed by atoms with E-state index in [9.17, 15) is 4.79 Å². The van der Waals surface area contributed by atoms with Gasteiger partial charge in [0.25, 0.3) is 5.56 Å². The fourth-order valence-corrected chi connectivity index (χ4v) is 3.44. The third-order valence-corrected chi connectivity index (χ3v) is 4.95. The zero-order valence-electron chi connectivity index (χ0n) is 12.5. The average Bonchev–Trinajstić information content (AvgIpc) is 2.71. The van der Waals surface area contributed by atoms with Gasteiger partial charge in [-0.1, -0.05) is 19.3 Å². The Balaban J connectivity index is 1.70. The number of ether oxygens (including phenoxy) is 1. The van der Waals surface area contributed by atoms with E-state index in [4.69, 9.17) is 4.74 Å². The molecule has 1 saturated heterocycles. The molecular weight excluding hydrogens is 280 g/mol. The van der Waals surface area contributed by atoms with Crippen LogP contribution >= 0.6 is 0 Å². The number of fused-ring (bicyclic) bond motifs is 1. The van der Waals surface area contributed by atoms with Gasteiger partial charge in [0.1, 0.15) is 5.52 Å².